The van der Waals surface area contributed by atoms with E-state index in [1.807, 2.05) is 0 Å². The van der Waals surface area contributed by atoms with E-state index in [0.29, 0.717) is 32.1 Å². The molecule has 0 amide bonds. The highest BCUT2D eigenvalue weighted by molar-refractivity contribution is 5.32. The smallest absolute Gasteiger partial charge is 0.186 e. The van der Waals surface area contributed by atoms with Gasteiger partial charge in [0.25, 0.3) is 0 Å². The summed E-state index contributed by atoms with van der Waals surface area (Å²) in [4.78, 5) is 0. The second kappa shape index (κ2) is 14.3. The van der Waals surface area contributed by atoms with E-state index in [-0.39, 0.29) is 51.9 Å². The second-order valence-electron chi connectivity index (χ2n) is 20.7. The van der Waals surface area contributed by atoms with Crippen LogP contribution in [0.5, 0.6) is 0 Å². The van der Waals surface area contributed by atoms with Crippen molar-refractivity contribution in [2.75, 3.05) is 13.2 Å². The Hall–Kier alpha value is -0.560. The Morgan fingerprint density at radius 2 is 1.45 bits per heavy atom. The van der Waals surface area contributed by atoms with Gasteiger partial charge in [-0.15, -0.1) is 0 Å². The first-order valence-corrected chi connectivity index (χ1v) is 20.9. The van der Waals surface area contributed by atoms with E-state index in [9.17, 15) is 51.1 Å². The van der Waals surface area contributed by atoms with Gasteiger partial charge in [0.05, 0.1) is 43.2 Å². The molecule has 14 nitrogen and oxygen atoms in total. The molecule has 7 rings (SSSR count). The first kappa shape index (κ1) is 42.6. The Balaban J connectivity index is 1.22. The summed E-state index contributed by atoms with van der Waals surface area (Å²) in [6.45, 7) is 13.5. The lowest BCUT2D eigenvalue weighted by atomic mass is 9.41. The summed E-state index contributed by atoms with van der Waals surface area (Å²) in [5.41, 5.74) is -2.64. The van der Waals surface area contributed by atoms with E-state index < -0.39 is 97.3 Å². The van der Waals surface area contributed by atoms with Crippen LogP contribution in [-0.4, -0.2) is 150 Å². The van der Waals surface area contributed by atoms with Crippen LogP contribution in [0.3, 0.4) is 0 Å². The molecule has 5 aliphatic carbocycles. The highest BCUT2D eigenvalue weighted by Gasteiger charge is 2.84. The molecule has 2 saturated heterocycles. The predicted octanol–water partition coefficient (Wildman–Crippen LogP) is 0.564. The van der Waals surface area contributed by atoms with Crippen LogP contribution in [0.2, 0.25) is 0 Å². The molecule has 318 valence electrons. The van der Waals surface area contributed by atoms with Crippen LogP contribution < -0.4 is 0 Å². The van der Waals surface area contributed by atoms with Crippen LogP contribution in [0.4, 0.5) is 0 Å². The standard InChI is InChI=1S/C41H70O14/c1-19(8-9-25(45)37(4,5)51)27-20(43)15-39(7)24-14-22(53-35-32(50)30(48)29(47)23(16-42)54-35)33-36(2,3)26(55-34-31(49)28(46)21(44)17-52-34)10-11-41(33)18-40(24,41)13-12-38(27,39)6/h19-35,42-51H,8-18H2,1-7H3/t19-,20+,21-,22+,23-,24+,25+,26+,27+,28+,29-,30+,31-,32-,33-,34+,35-,38-,39+,40+,41-/m1/s1. The van der Waals surface area contributed by atoms with Gasteiger partial charge in [0.15, 0.2) is 12.6 Å². The number of rotatable bonds is 10. The minimum absolute atomic E-state index is 0.0301. The minimum atomic E-state index is -1.60. The third kappa shape index (κ3) is 6.33. The van der Waals surface area contributed by atoms with Gasteiger partial charge in [-0.2, -0.15) is 0 Å². The SMILES string of the molecule is C[C@H](CC[C@H](O)C(C)(C)O)[C@H]1[C@@H](O)C[C@@]2(C)[C@@H]3C[C@H](O[C@@H]4O[C@H](CO)[C@@H](O)[C@H](O)[C@H]4O)[C@@H]4C(C)(C)[C@@H](O[C@@H]5OC[C@@H](O)[C@H](O)[C@H]5O)CC[C@@]45C[C@@]35CC[C@]12C. The summed E-state index contributed by atoms with van der Waals surface area (Å²) in [6, 6.07) is 0. The molecule has 2 spiro atoms. The molecule has 0 bridgehead atoms. The fourth-order valence-electron chi connectivity index (χ4n) is 14.2. The van der Waals surface area contributed by atoms with Gasteiger partial charge in [-0.3, -0.25) is 0 Å². The first-order valence-electron chi connectivity index (χ1n) is 20.9. The van der Waals surface area contributed by atoms with Crippen molar-refractivity contribution in [3.63, 3.8) is 0 Å². The van der Waals surface area contributed by atoms with Crippen molar-refractivity contribution < 1.29 is 70.0 Å². The molecule has 7 aliphatic rings. The van der Waals surface area contributed by atoms with Crippen LogP contribution >= 0.6 is 0 Å². The molecule has 21 atom stereocenters. The summed E-state index contributed by atoms with van der Waals surface area (Å²) in [5, 5.41) is 107. The zero-order chi connectivity index (χ0) is 40.4. The topological polar surface area (TPSA) is 239 Å². The van der Waals surface area contributed by atoms with E-state index in [2.05, 4.69) is 34.6 Å². The molecule has 55 heavy (non-hydrogen) atoms. The molecule has 0 aromatic heterocycles. The Labute approximate surface area is 325 Å². The number of fused-ring (bicyclic) bond motifs is 2. The number of ether oxygens (including phenoxy) is 4. The maximum Gasteiger partial charge on any atom is 0.186 e. The van der Waals surface area contributed by atoms with E-state index in [1.54, 1.807) is 13.8 Å². The minimum Gasteiger partial charge on any atom is -0.394 e. The highest BCUT2D eigenvalue weighted by Crippen LogP contribution is 2.89. The van der Waals surface area contributed by atoms with Gasteiger partial charge in [0, 0.05) is 0 Å². The Morgan fingerprint density at radius 3 is 2.11 bits per heavy atom. The lowest BCUT2D eigenvalue weighted by Crippen LogP contribution is -2.65. The monoisotopic (exact) mass is 786 g/mol. The molecule has 2 aliphatic heterocycles. The normalized spacial score (nSPS) is 54.4. The van der Waals surface area contributed by atoms with E-state index in [4.69, 9.17) is 18.9 Å². The number of aliphatic hydroxyl groups excluding tert-OH is 9. The lowest BCUT2D eigenvalue weighted by Gasteiger charge is -2.65. The average Bonchev–Trinajstić information content (AvgIpc) is 3.71. The van der Waals surface area contributed by atoms with Gasteiger partial charge >= 0.3 is 0 Å². The van der Waals surface area contributed by atoms with Gasteiger partial charge in [0.1, 0.15) is 42.7 Å². The summed E-state index contributed by atoms with van der Waals surface area (Å²) in [6.07, 6.45) is -8.32. The molecule has 5 saturated carbocycles. The van der Waals surface area contributed by atoms with Crippen molar-refractivity contribution in [1.82, 2.24) is 0 Å². The maximum atomic E-state index is 12.0. The molecule has 10 N–H and O–H groups in total. The van der Waals surface area contributed by atoms with Crippen molar-refractivity contribution in [3.05, 3.63) is 0 Å². The van der Waals surface area contributed by atoms with Crippen molar-refractivity contribution in [1.29, 1.82) is 0 Å². The van der Waals surface area contributed by atoms with Crippen molar-refractivity contribution in [2.24, 2.45) is 50.7 Å². The predicted molar refractivity (Wildman–Crippen MR) is 196 cm³/mol. The second-order valence-corrected chi connectivity index (χ2v) is 20.7. The zero-order valence-corrected chi connectivity index (χ0v) is 33.7. The van der Waals surface area contributed by atoms with Crippen LogP contribution in [0.15, 0.2) is 0 Å². The summed E-state index contributed by atoms with van der Waals surface area (Å²) >= 11 is 0. The summed E-state index contributed by atoms with van der Waals surface area (Å²) in [7, 11) is 0. The zero-order valence-electron chi connectivity index (χ0n) is 33.7. The van der Waals surface area contributed by atoms with Gasteiger partial charge in [0.2, 0.25) is 0 Å². The molecular weight excluding hydrogens is 716 g/mol. The molecule has 14 heteroatoms. The van der Waals surface area contributed by atoms with Gasteiger partial charge in [-0.1, -0.05) is 34.6 Å². The molecule has 0 unspecified atom stereocenters. The molecular formula is C41H70O14. The molecule has 0 aromatic carbocycles. The van der Waals surface area contributed by atoms with E-state index >= 15 is 0 Å². The molecule has 7 fully saturated rings. The number of hydrogen-bond donors (Lipinski definition) is 10. The van der Waals surface area contributed by atoms with Gasteiger partial charge in [-0.25, -0.2) is 0 Å². The highest BCUT2D eigenvalue weighted by atomic mass is 16.7. The Morgan fingerprint density at radius 1 is 0.782 bits per heavy atom. The van der Waals surface area contributed by atoms with Gasteiger partial charge in [-0.05, 0) is 122 Å². The molecule has 2 heterocycles. The van der Waals surface area contributed by atoms with Crippen molar-refractivity contribution >= 4 is 0 Å². The largest absolute Gasteiger partial charge is 0.394 e. The fraction of sp³-hybridized carbons (Fsp3) is 1.00. The summed E-state index contributed by atoms with van der Waals surface area (Å²) in [5.74, 6) is 0.0163. The quantitative estimate of drug-likeness (QED) is 0.136. The Kier molecular flexibility index (Phi) is 11.1. The van der Waals surface area contributed by atoms with Gasteiger partial charge < -0.3 is 70.0 Å². The van der Waals surface area contributed by atoms with Crippen molar-refractivity contribution in [2.45, 2.75) is 192 Å². The fourth-order valence-corrected chi connectivity index (χ4v) is 14.2. The van der Waals surface area contributed by atoms with Crippen LogP contribution in [0.1, 0.15) is 106 Å². The number of aliphatic hydroxyl groups is 10. The first-order chi connectivity index (χ1) is 25.5. The average molecular weight is 787 g/mol. The summed E-state index contributed by atoms with van der Waals surface area (Å²) < 4.78 is 25.1. The van der Waals surface area contributed by atoms with Crippen LogP contribution in [0, 0.1) is 50.7 Å². The maximum absolute atomic E-state index is 12.0. The lowest BCUT2D eigenvalue weighted by molar-refractivity contribution is -0.338. The number of hydrogen-bond acceptors (Lipinski definition) is 14. The Bertz CT molecular complexity index is 1390. The van der Waals surface area contributed by atoms with E-state index in [1.165, 1.54) is 0 Å². The van der Waals surface area contributed by atoms with Crippen LogP contribution in [0.25, 0.3) is 0 Å². The molecule has 0 aromatic rings. The third-order valence-electron chi connectivity index (χ3n) is 17.3. The van der Waals surface area contributed by atoms with Crippen LogP contribution in [-0.2, 0) is 18.9 Å². The van der Waals surface area contributed by atoms with E-state index in [0.717, 1.165) is 25.7 Å². The van der Waals surface area contributed by atoms with Crippen molar-refractivity contribution in [3.8, 4) is 0 Å². The third-order valence-corrected chi connectivity index (χ3v) is 17.3. The molecule has 0 radical (unpaired) electrons.